The molecule has 0 fully saturated rings. The molecular formula is C9H6ClN3O2. The first-order valence-electron chi connectivity index (χ1n) is 4.07. The molecule has 0 aliphatic rings. The highest BCUT2D eigenvalue weighted by atomic mass is 35.5. The van der Waals surface area contributed by atoms with Crippen molar-refractivity contribution in [2.75, 3.05) is 0 Å². The molecule has 2 heterocycles. The van der Waals surface area contributed by atoms with Crippen LogP contribution in [0.4, 0.5) is 0 Å². The minimum Gasteiger partial charge on any atom is -0.477 e. The lowest BCUT2D eigenvalue weighted by Gasteiger charge is -1.99. The predicted octanol–water partition coefficient (Wildman–Crippen LogP) is 1.62. The molecule has 0 spiro atoms. The van der Waals surface area contributed by atoms with Crippen LogP contribution in [0.1, 0.15) is 10.5 Å². The Morgan fingerprint density at radius 3 is 2.67 bits per heavy atom. The smallest absolute Gasteiger partial charge is 0.354 e. The lowest BCUT2D eigenvalue weighted by atomic mass is 10.3. The molecule has 0 bridgehead atoms. The van der Waals surface area contributed by atoms with Crippen LogP contribution in [0.5, 0.6) is 0 Å². The van der Waals surface area contributed by atoms with E-state index >= 15 is 0 Å². The quantitative estimate of drug-likeness (QED) is 0.840. The van der Waals surface area contributed by atoms with Crippen molar-refractivity contribution >= 4 is 17.6 Å². The third-order valence-corrected chi connectivity index (χ3v) is 1.98. The molecular weight excluding hydrogens is 218 g/mol. The number of carboxylic acid groups (broad SMARTS) is 1. The zero-order chi connectivity index (χ0) is 10.8. The fourth-order valence-corrected chi connectivity index (χ4v) is 1.23. The van der Waals surface area contributed by atoms with Gasteiger partial charge in [0, 0.05) is 6.20 Å². The van der Waals surface area contributed by atoms with Gasteiger partial charge in [-0.25, -0.2) is 14.5 Å². The van der Waals surface area contributed by atoms with E-state index in [9.17, 15) is 4.79 Å². The maximum Gasteiger partial charge on any atom is 0.354 e. The van der Waals surface area contributed by atoms with Gasteiger partial charge in [-0.05, 0) is 12.1 Å². The first kappa shape index (κ1) is 9.67. The normalized spacial score (nSPS) is 10.2. The maximum atomic E-state index is 10.5. The fourth-order valence-electron chi connectivity index (χ4n) is 1.09. The summed E-state index contributed by atoms with van der Waals surface area (Å²) in [6.07, 6.45) is 4.53. The molecule has 0 saturated carbocycles. The standard InChI is InChI=1S/C9H6ClN3O2/c10-6-3-12-13(5-6)7-1-2-8(9(14)15)11-4-7/h1-5H,(H,14,15). The van der Waals surface area contributed by atoms with Crippen LogP contribution < -0.4 is 0 Å². The average Bonchev–Trinajstić information content (AvgIpc) is 2.65. The summed E-state index contributed by atoms with van der Waals surface area (Å²) in [6, 6.07) is 3.02. The van der Waals surface area contributed by atoms with E-state index in [-0.39, 0.29) is 5.69 Å². The molecule has 0 amide bonds. The van der Waals surface area contributed by atoms with Gasteiger partial charge < -0.3 is 5.11 Å². The van der Waals surface area contributed by atoms with E-state index in [1.165, 1.54) is 23.1 Å². The van der Waals surface area contributed by atoms with Gasteiger partial charge in [0.25, 0.3) is 0 Å². The second-order valence-electron chi connectivity index (χ2n) is 2.81. The van der Waals surface area contributed by atoms with Gasteiger partial charge >= 0.3 is 5.97 Å². The summed E-state index contributed by atoms with van der Waals surface area (Å²) in [4.78, 5) is 14.3. The molecule has 0 unspecified atom stereocenters. The Morgan fingerprint density at radius 2 is 2.20 bits per heavy atom. The lowest BCUT2D eigenvalue weighted by Crippen LogP contribution is -2.01. The topological polar surface area (TPSA) is 68.0 Å². The Morgan fingerprint density at radius 1 is 1.40 bits per heavy atom. The summed E-state index contributed by atoms with van der Waals surface area (Å²) in [5.41, 5.74) is 0.656. The number of hydrogen-bond donors (Lipinski definition) is 1. The van der Waals surface area contributed by atoms with Crippen molar-refractivity contribution < 1.29 is 9.90 Å². The molecule has 2 aromatic heterocycles. The average molecular weight is 224 g/mol. The number of hydrogen-bond acceptors (Lipinski definition) is 3. The summed E-state index contributed by atoms with van der Waals surface area (Å²) >= 11 is 5.69. The maximum absolute atomic E-state index is 10.5. The van der Waals surface area contributed by atoms with E-state index in [0.29, 0.717) is 10.7 Å². The van der Waals surface area contributed by atoms with Crippen LogP contribution in [-0.2, 0) is 0 Å². The van der Waals surface area contributed by atoms with Gasteiger partial charge in [0.15, 0.2) is 0 Å². The molecule has 1 N–H and O–H groups in total. The first-order chi connectivity index (χ1) is 7.16. The van der Waals surface area contributed by atoms with Crippen LogP contribution in [0.25, 0.3) is 5.69 Å². The van der Waals surface area contributed by atoms with Crippen molar-refractivity contribution in [1.82, 2.24) is 14.8 Å². The molecule has 0 aromatic carbocycles. The number of carbonyl (C=O) groups is 1. The van der Waals surface area contributed by atoms with Gasteiger partial charge in [0.05, 0.1) is 23.1 Å². The third-order valence-electron chi connectivity index (χ3n) is 1.78. The Labute approximate surface area is 89.9 Å². The van der Waals surface area contributed by atoms with Gasteiger partial charge in [-0.15, -0.1) is 0 Å². The molecule has 2 rings (SSSR count). The summed E-state index contributed by atoms with van der Waals surface area (Å²) in [5, 5.41) is 13.1. The number of aromatic carboxylic acids is 1. The fraction of sp³-hybridized carbons (Fsp3) is 0. The van der Waals surface area contributed by atoms with Crippen LogP contribution in [0.15, 0.2) is 30.7 Å². The zero-order valence-corrected chi connectivity index (χ0v) is 8.22. The molecule has 0 atom stereocenters. The predicted molar refractivity (Wildman–Crippen MR) is 53.3 cm³/mol. The molecule has 76 valence electrons. The van der Waals surface area contributed by atoms with Crippen molar-refractivity contribution in [3.05, 3.63) is 41.4 Å². The van der Waals surface area contributed by atoms with Gasteiger partial charge in [-0.3, -0.25) is 0 Å². The first-order valence-corrected chi connectivity index (χ1v) is 4.44. The van der Waals surface area contributed by atoms with E-state index < -0.39 is 5.97 Å². The van der Waals surface area contributed by atoms with Crippen LogP contribution in [0.2, 0.25) is 5.02 Å². The van der Waals surface area contributed by atoms with Crippen molar-refractivity contribution in [2.45, 2.75) is 0 Å². The number of pyridine rings is 1. The van der Waals surface area contributed by atoms with Crippen molar-refractivity contribution in [1.29, 1.82) is 0 Å². The van der Waals surface area contributed by atoms with E-state index in [4.69, 9.17) is 16.7 Å². The minimum absolute atomic E-state index is 0.00277. The highest BCUT2D eigenvalue weighted by Crippen LogP contribution is 2.11. The van der Waals surface area contributed by atoms with Crippen LogP contribution in [0, 0.1) is 0 Å². The van der Waals surface area contributed by atoms with E-state index in [1.807, 2.05) is 0 Å². The Bertz CT molecular complexity index is 492. The van der Waals surface area contributed by atoms with E-state index in [0.717, 1.165) is 0 Å². The van der Waals surface area contributed by atoms with Crippen LogP contribution >= 0.6 is 11.6 Å². The van der Waals surface area contributed by atoms with Gasteiger partial charge in [-0.1, -0.05) is 11.6 Å². The highest BCUT2D eigenvalue weighted by molar-refractivity contribution is 6.30. The Hall–Kier alpha value is -1.88. The van der Waals surface area contributed by atoms with Crippen molar-refractivity contribution in [3.8, 4) is 5.69 Å². The van der Waals surface area contributed by atoms with Gasteiger partial charge in [-0.2, -0.15) is 5.10 Å². The number of carboxylic acids is 1. The summed E-state index contributed by atoms with van der Waals surface area (Å²) in [7, 11) is 0. The summed E-state index contributed by atoms with van der Waals surface area (Å²) in [5.74, 6) is -1.06. The zero-order valence-electron chi connectivity index (χ0n) is 7.46. The largest absolute Gasteiger partial charge is 0.477 e. The molecule has 15 heavy (non-hydrogen) atoms. The van der Waals surface area contributed by atoms with E-state index in [1.54, 1.807) is 12.3 Å². The molecule has 0 radical (unpaired) electrons. The molecule has 5 nitrogen and oxygen atoms in total. The molecule has 0 aliphatic heterocycles. The number of aromatic nitrogens is 3. The number of halogens is 1. The minimum atomic E-state index is -1.06. The van der Waals surface area contributed by atoms with Crippen LogP contribution in [0.3, 0.4) is 0 Å². The second-order valence-corrected chi connectivity index (χ2v) is 3.25. The molecule has 0 aliphatic carbocycles. The van der Waals surface area contributed by atoms with Gasteiger partial charge in [0.1, 0.15) is 5.69 Å². The molecule has 2 aromatic rings. The Kier molecular flexibility index (Phi) is 2.39. The number of nitrogens with zero attached hydrogens (tertiary/aromatic N) is 3. The SMILES string of the molecule is O=C(O)c1ccc(-n2cc(Cl)cn2)cn1. The van der Waals surface area contributed by atoms with Crippen molar-refractivity contribution in [3.63, 3.8) is 0 Å². The second kappa shape index (κ2) is 3.70. The highest BCUT2D eigenvalue weighted by Gasteiger charge is 2.04. The van der Waals surface area contributed by atoms with Crippen LogP contribution in [-0.4, -0.2) is 25.8 Å². The monoisotopic (exact) mass is 223 g/mol. The Balaban J connectivity index is 2.35. The summed E-state index contributed by atoms with van der Waals surface area (Å²) < 4.78 is 1.51. The van der Waals surface area contributed by atoms with E-state index in [2.05, 4.69) is 10.1 Å². The lowest BCUT2D eigenvalue weighted by molar-refractivity contribution is 0.0690. The number of rotatable bonds is 2. The third kappa shape index (κ3) is 1.97. The summed E-state index contributed by atoms with van der Waals surface area (Å²) in [6.45, 7) is 0. The molecule has 6 heteroatoms. The molecule has 0 saturated heterocycles. The van der Waals surface area contributed by atoms with Gasteiger partial charge in [0.2, 0.25) is 0 Å². The van der Waals surface area contributed by atoms with Crippen molar-refractivity contribution in [2.24, 2.45) is 0 Å².